The lowest BCUT2D eigenvalue weighted by atomic mass is 10.3. The summed E-state index contributed by atoms with van der Waals surface area (Å²) in [6.07, 6.45) is 0. The number of nitrogen functional groups attached to an aromatic ring is 1. The zero-order chi connectivity index (χ0) is 11.5. The van der Waals surface area contributed by atoms with Gasteiger partial charge in [0.05, 0.1) is 0 Å². The van der Waals surface area contributed by atoms with E-state index in [2.05, 4.69) is 21.2 Å². The summed E-state index contributed by atoms with van der Waals surface area (Å²) in [5, 5.41) is 4.66. The number of rotatable bonds is 2. The van der Waals surface area contributed by atoms with Crippen molar-refractivity contribution in [1.82, 2.24) is 0 Å². The van der Waals surface area contributed by atoms with E-state index in [1.54, 1.807) is 24.3 Å². The Hall–Kier alpha value is -1.33. The summed E-state index contributed by atoms with van der Waals surface area (Å²) in [7, 11) is 0. The maximum Gasteiger partial charge on any atom is 0.266 e. The van der Waals surface area contributed by atoms with Crippen LogP contribution in [0.2, 0.25) is 0 Å². The van der Waals surface area contributed by atoms with Crippen LogP contribution in [0.25, 0.3) is 0 Å². The Morgan fingerprint density at radius 1 is 1.25 bits per heavy atom. The monoisotopic (exact) mass is 296 g/mol. The van der Waals surface area contributed by atoms with E-state index in [0.29, 0.717) is 10.6 Å². The Kier molecular flexibility index (Phi) is 3.26. The van der Waals surface area contributed by atoms with E-state index >= 15 is 0 Å². The Labute approximate surface area is 105 Å². The molecule has 0 spiro atoms. The minimum atomic E-state index is -0.119. The Morgan fingerprint density at radius 3 is 2.50 bits per heavy atom. The first-order valence-corrected chi connectivity index (χ1v) is 6.24. The summed E-state index contributed by atoms with van der Waals surface area (Å²) in [4.78, 5) is 12.5. The first-order chi connectivity index (χ1) is 7.66. The van der Waals surface area contributed by atoms with Crippen molar-refractivity contribution >= 4 is 44.5 Å². The SMILES string of the molecule is Nc1ccc(NC(=O)c2sccc2Br)cc1. The quantitative estimate of drug-likeness (QED) is 0.835. The molecule has 1 amide bonds. The Balaban J connectivity index is 2.14. The number of carbonyl (C=O) groups is 1. The average molecular weight is 297 g/mol. The van der Waals surface area contributed by atoms with Gasteiger partial charge in [-0.15, -0.1) is 11.3 Å². The van der Waals surface area contributed by atoms with Crippen molar-refractivity contribution in [2.45, 2.75) is 0 Å². The second kappa shape index (κ2) is 4.67. The van der Waals surface area contributed by atoms with E-state index in [4.69, 9.17) is 5.73 Å². The van der Waals surface area contributed by atoms with E-state index in [9.17, 15) is 4.79 Å². The predicted octanol–water partition coefficient (Wildman–Crippen LogP) is 3.35. The van der Waals surface area contributed by atoms with E-state index in [1.165, 1.54) is 11.3 Å². The molecule has 1 aromatic carbocycles. The van der Waals surface area contributed by atoms with Gasteiger partial charge in [-0.3, -0.25) is 4.79 Å². The number of thiophene rings is 1. The molecule has 0 radical (unpaired) electrons. The molecule has 16 heavy (non-hydrogen) atoms. The van der Waals surface area contributed by atoms with Gasteiger partial charge in [0.25, 0.3) is 5.91 Å². The topological polar surface area (TPSA) is 55.1 Å². The van der Waals surface area contributed by atoms with Crippen LogP contribution in [0.4, 0.5) is 11.4 Å². The number of carbonyl (C=O) groups excluding carboxylic acids is 1. The molecule has 1 heterocycles. The van der Waals surface area contributed by atoms with Gasteiger partial charge in [-0.1, -0.05) is 0 Å². The normalized spacial score (nSPS) is 10.1. The van der Waals surface area contributed by atoms with Crippen LogP contribution in [0.15, 0.2) is 40.2 Å². The summed E-state index contributed by atoms with van der Waals surface area (Å²) in [6, 6.07) is 8.89. The summed E-state index contributed by atoms with van der Waals surface area (Å²) < 4.78 is 0.811. The number of hydrogen-bond acceptors (Lipinski definition) is 3. The lowest BCUT2D eigenvalue weighted by Crippen LogP contribution is -2.10. The average Bonchev–Trinajstić information content (AvgIpc) is 2.68. The van der Waals surface area contributed by atoms with Crippen LogP contribution in [0.1, 0.15) is 9.67 Å². The van der Waals surface area contributed by atoms with Crippen molar-refractivity contribution < 1.29 is 4.79 Å². The number of hydrogen-bond donors (Lipinski definition) is 2. The molecule has 0 bridgehead atoms. The lowest BCUT2D eigenvalue weighted by molar-refractivity contribution is 0.103. The van der Waals surface area contributed by atoms with Gasteiger partial charge >= 0.3 is 0 Å². The molecule has 2 rings (SSSR count). The highest BCUT2D eigenvalue weighted by atomic mass is 79.9. The molecule has 0 aliphatic heterocycles. The van der Waals surface area contributed by atoms with Crippen LogP contribution in [-0.2, 0) is 0 Å². The fraction of sp³-hybridized carbons (Fsp3) is 0. The van der Waals surface area contributed by atoms with Gasteiger partial charge in [-0.2, -0.15) is 0 Å². The zero-order valence-electron chi connectivity index (χ0n) is 8.24. The molecule has 0 saturated heterocycles. The van der Waals surface area contributed by atoms with Crippen LogP contribution < -0.4 is 11.1 Å². The third-order valence-electron chi connectivity index (χ3n) is 1.99. The highest BCUT2D eigenvalue weighted by Gasteiger charge is 2.11. The van der Waals surface area contributed by atoms with Crippen molar-refractivity contribution in [3.05, 3.63) is 45.1 Å². The van der Waals surface area contributed by atoms with Gasteiger partial charge in [0.1, 0.15) is 4.88 Å². The first kappa shape index (κ1) is 11.2. The minimum absolute atomic E-state index is 0.119. The molecule has 0 unspecified atom stereocenters. The van der Waals surface area contributed by atoms with E-state index < -0.39 is 0 Å². The molecule has 0 fully saturated rings. The molecule has 0 aliphatic carbocycles. The van der Waals surface area contributed by atoms with Gasteiger partial charge in [0.15, 0.2) is 0 Å². The van der Waals surface area contributed by atoms with E-state index in [0.717, 1.165) is 10.2 Å². The van der Waals surface area contributed by atoms with Crippen molar-refractivity contribution in [2.75, 3.05) is 11.1 Å². The molecule has 0 aliphatic rings. The largest absolute Gasteiger partial charge is 0.399 e. The van der Waals surface area contributed by atoms with Crippen molar-refractivity contribution in [1.29, 1.82) is 0 Å². The second-order valence-electron chi connectivity index (χ2n) is 3.17. The van der Waals surface area contributed by atoms with Gasteiger partial charge < -0.3 is 11.1 Å². The maximum absolute atomic E-state index is 11.8. The summed E-state index contributed by atoms with van der Waals surface area (Å²) in [5.74, 6) is -0.119. The van der Waals surface area contributed by atoms with Crippen LogP contribution in [0.3, 0.4) is 0 Å². The molecule has 0 saturated carbocycles. The number of anilines is 2. The molecular formula is C11H9BrN2OS. The molecule has 0 atom stereocenters. The summed E-state index contributed by atoms with van der Waals surface area (Å²) in [6.45, 7) is 0. The van der Waals surface area contributed by atoms with Crippen LogP contribution in [0, 0.1) is 0 Å². The number of nitrogens with one attached hydrogen (secondary N) is 1. The standard InChI is InChI=1S/C11H9BrN2OS/c12-9-5-6-16-10(9)11(15)14-8-3-1-7(13)2-4-8/h1-6H,13H2,(H,14,15). The number of benzene rings is 1. The highest BCUT2D eigenvalue weighted by Crippen LogP contribution is 2.23. The van der Waals surface area contributed by atoms with Crippen molar-refractivity contribution in [3.63, 3.8) is 0 Å². The molecule has 3 N–H and O–H groups in total. The number of amides is 1. The van der Waals surface area contributed by atoms with Crippen LogP contribution in [0.5, 0.6) is 0 Å². The van der Waals surface area contributed by atoms with E-state index in [1.807, 2.05) is 11.4 Å². The Bertz CT molecular complexity index is 507. The summed E-state index contributed by atoms with van der Waals surface area (Å²) in [5.41, 5.74) is 6.97. The van der Waals surface area contributed by atoms with Crippen LogP contribution >= 0.6 is 27.3 Å². The third-order valence-corrected chi connectivity index (χ3v) is 3.83. The molecule has 82 valence electrons. The number of nitrogens with two attached hydrogens (primary N) is 1. The molecular weight excluding hydrogens is 288 g/mol. The van der Waals surface area contributed by atoms with Crippen LogP contribution in [-0.4, -0.2) is 5.91 Å². The second-order valence-corrected chi connectivity index (χ2v) is 4.94. The van der Waals surface area contributed by atoms with Gasteiger partial charge in [0, 0.05) is 15.8 Å². The minimum Gasteiger partial charge on any atom is -0.399 e. The Morgan fingerprint density at radius 2 is 1.94 bits per heavy atom. The predicted molar refractivity (Wildman–Crippen MR) is 70.8 cm³/mol. The van der Waals surface area contributed by atoms with Gasteiger partial charge in [-0.05, 0) is 51.6 Å². The fourth-order valence-electron chi connectivity index (χ4n) is 1.21. The highest BCUT2D eigenvalue weighted by molar-refractivity contribution is 9.10. The van der Waals surface area contributed by atoms with E-state index in [-0.39, 0.29) is 5.91 Å². The van der Waals surface area contributed by atoms with Gasteiger partial charge in [-0.25, -0.2) is 0 Å². The lowest BCUT2D eigenvalue weighted by Gasteiger charge is -2.04. The maximum atomic E-state index is 11.8. The third kappa shape index (κ3) is 2.43. The summed E-state index contributed by atoms with van der Waals surface area (Å²) >= 11 is 4.72. The smallest absolute Gasteiger partial charge is 0.266 e. The molecule has 5 heteroatoms. The molecule has 3 nitrogen and oxygen atoms in total. The van der Waals surface area contributed by atoms with Crippen molar-refractivity contribution in [2.24, 2.45) is 0 Å². The van der Waals surface area contributed by atoms with Gasteiger partial charge in [0.2, 0.25) is 0 Å². The fourth-order valence-corrected chi connectivity index (χ4v) is 2.66. The molecule has 1 aromatic heterocycles. The zero-order valence-corrected chi connectivity index (χ0v) is 10.6. The first-order valence-electron chi connectivity index (χ1n) is 4.56. The number of halogens is 1. The molecule has 2 aromatic rings. The van der Waals surface area contributed by atoms with Crippen molar-refractivity contribution in [3.8, 4) is 0 Å².